The van der Waals surface area contributed by atoms with Crippen molar-refractivity contribution in [2.75, 3.05) is 13.1 Å². The Morgan fingerprint density at radius 3 is 2.02 bits per heavy atom. The summed E-state index contributed by atoms with van der Waals surface area (Å²) in [6.07, 6.45) is -0.198. The van der Waals surface area contributed by atoms with E-state index in [9.17, 15) is 48.9 Å². The fraction of sp³-hybridized carbons (Fsp3) is 0.750. The van der Waals surface area contributed by atoms with Crippen molar-refractivity contribution < 1.29 is 48.9 Å². The molecule has 5 amide bonds. The van der Waals surface area contributed by atoms with E-state index in [1.54, 1.807) is 0 Å². The molecule has 1 fully saturated rings. The Balaban J connectivity index is 2.95. The van der Waals surface area contributed by atoms with Crippen molar-refractivity contribution in [2.24, 2.45) is 17.4 Å². The van der Waals surface area contributed by atoms with Crippen LogP contribution in [-0.4, -0.2) is 117 Å². The average Bonchev–Trinajstić information content (AvgIpc) is 3.43. The van der Waals surface area contributed by atoms with Crippen LogP contribution in [0.5, 0.6) is 0 Å². The van der Waals surface area contributed by atoms with Crippen LogP contribution in [0.3, 0.4) is 0 Å². The lowest BCUT2D eigenvalue weighted by Crippen LogP contribution is -2.60. The van der Waals surface area contributed by atoms with Crippen LogP contribution in [-0.2, 0) is 33.6 Å². The van der Waals surface area contributed by atoms with Gasteiger partial charge in [0.15, 0.2) is 0 Å². The summed E-state index contributed by atoms with van der Waals surface area (Å²) in [5.74, 6) is -6.62. The Morgan fingerprint density at radius 1 is 0.867 bits per heavy atom. The summed E-state index contributed by atoms with van der Waals surface area (Å²) in [4.78, 5) is 88.9. The van der Waals surface area contributed by atoms with Crippen molar-refractivity contribution in [2.45, 2.75) is 115 Å². The highest BCUT2D eigenvalue weighted by Crippen LogP contribution is 2.19. The van der Waals surface area contributed by atoms with Gasteiger partial charge in [-0.1, -0.05) is 13.8 Å². The van der Waals surface area contributed by atoms with E-state index in [2.05, 4.69) is 21.3 Å². The molecule has 1 rings (SSSR count). The zero-order chi connectivity index (χ0) is 34.4. The Morgan fingerprint density at radius 2 is 1.49 bits per heavy atom. The number of hydrogen-bond acceptors (Lipinski definition) is 10. The molecule has 1 saturated heterocycles. The highest BCUT2D eigenvalue weighted by molar-refractivity contribution is 5.97. The molecule has 7 atom stereocenters. The molecule has 17 nitrogen and oxygen atoms in total. The number of hydrogen-bond donors (Lipinski definition) is 9. The predicted molar refractivity (Wildman–Crippen MR) is 160 cm³/mol. The Kier molecular flexibility index (Phi) is 16.4. The average molecular weight is 644 g/mol. The van der Waals surface area contributed by atoms with Crippen molar-refractivity contribution >= 4 is 41.5 Å². The molecule has 0 saturated carbocycles. The second-order valence-corrected chi connectivity index (χ2v) is 11.7. The lowest BCUT2D eigenvalue weighted by Gasteiger charge is -2.30. The van der Waals surface area contributed by atoms with E-state index < -0.39 is 90.3 Å². The third-order valence-corrected chi connectivity index (χ3v) is 7.27. The first-order chi connectivity index (χ1) is 21.0. The maximum Gasteiger partial charge on any atom is 0.326 e. The van der Waals surface area contributed by atoms with Gasteiger partial charge in [0.1, 0.15) is 30.2 Å². The number of rotatable bonds is 19. The monoisotopic (exact) mass is 643 g/mol. The minimum Gasteiger partial charge on any atom is -0.481 e. The van der Waals surface area contributed by atoms with Gasteiger partial charge in [-0.25, -0.2) is 4.79 Å². The van der Waals surface area contributed by atoms with E-state index in [1.165, 1.54) is 18.7 Å². The van der Waals surface area contributed by atoms with Crippen LogP contribution in [0, 0.1) is 5.92 Å². The van der Waals surface area contributed by atoms with E-state index in [-0.39, 0.29) is 25.3 Å². The van der Waals surface area contributed by atoms with E-state index in [4.69, 9.17) is 11.5 Å². The summed E-state index contributed by atoms with van der Waals surface area (Å²) >= 11 is 0. The number of nitrogens with two attached hydrogens (primary N) is 2. The molecule has 1 heterocycles. The number of nitrogens with one attached hydrogen (secondary N) is 4. The van der Waals surface area contributed by atoms with Crippen LogP contribution in [0.15, 0.2) is 0 Å². The number of carbonyl (C=O) groups excluding carboxylic acids is 5. The van der Waals surface area contributed by atoms with Gasteiger partial charge in [0.05, 0.1) is 18.6 Å². The van der Waals surface area contributed by atoms with Gasteiger partial charge in [0, 0.05) is 6.54 Å². The smallest absolute Gasteiger partial charge is 0.326 e. The molecule has 0 aromatic rings. The van der Waals surface area contributed by atoms with Gasteiger partial charge in [-0.2, -0.15) is 0 Å². The molecule has 0 bridgehead atoms. The maximum atomic E-state index is 13.3. The van der Waals surface area contributed by atoms with Crippen LogP contribution in [0.25, 0.3) is 0 Å². The largest absolute Gasteiger partial charge is 0.481 e. The number of carboxylic acids is 2. The molecule has 0 spiro atoms. The minimum atomic E-state index is -1.52. The van der Waals surface area contributed by atoms with E-state index in [1.807, 2.05) is 13.8 Å². The number of carbonyl (C=O) groups is 7. The second kappa shape index (κ2) is 18.9. The van der Waals surface area contributed by atoms with Crippen molar-refractivity contribution in [1.29, 1.82) is 0 Å². The van der Waals surface area contributed by atoms with E-state index >= 15 is 0 Å². The Hall–Kier alpha value is -3.83. The summed E-state index contributed by atoms with van der Waals surface area (Å²) in [6, 6.07) is -7.59. The normalized spacial score (nSPS) is 18.6. The number of aliphatic hydroxyl groups is 1. The number of nitrogens with zero attached hydrogens (tertiary/aromatic N) is 1. The van der Waals surface area contributed by atoms with Crippen molar-refractivity contribution in [3.8, 4) is 0 Å². The van der Waals surface area contributed by atoms with Crippen molar-refractivity contribution in [3.05, 3.63) is 0 Å². The molecule has 1 aliphatic heterocycles. The third-order valence-electron chi connectivity index (χ3n) is 7.27. The van der Waals surface area contributed by atoms with Crippen LogP contribution in [0.2, 0.25) is 0 Å². The first-order valence-corrected chi connectivity index (χ1v) is 15.1. The third kappa shape index (κ3) is 13.0. The summed E-state index contributed by atoms with van der Waals surface area (Å²) in [7, 11) is 0. The van der Waals surface area contributed by atoms with Crippen molar-refractivity contribution in [3.63, 3.8) is 0 Å². The molecular formula is C28H49N7O10. The lowest BCUT2D eigenvalue weighted by atomic mass is 10.0. The number of aliphatic hydroxyl groups excluding tert-OH is 1. The maximum absolute atomic E-state index is 13.3. The number of unbranched alkanes of at least 4 members (excludes halogenated alkanes) is 1. The summed E-state index contributed by atoms with van der Waals surface area (Å²) in [5.41, 5.74) is 11.3. The molecule has 256 valence electrons. The minimum absolute atomic E-state index is 0.0686. The molecule has 0 aliphatic carbocycles. The first kappa shape index (κ1) is 39.2. The van der Waals surface area contributed by atoms with E-state index in [0.717, 1.165) is 0 Å². The standard InChI is InChI=1S/C28H49N7O10/c1-14(2)12-17(30)23(39)33-19(13-21(37)38)24(40)31-15(3)27(43)35-11-7-9-20(35)25(41)34-22(16(4)36)26(42)32-18(28(44)45)8-5-6-10-29/h14-20,22,36H,5-13,29-30H2,1-4H3,(H,31,40)(H,32,42)(H,33,39)(H,34,41)(H,37,38)(H,44,45)/t15-,16+,17-,18-,19-,20-,22-/m0/s1. The van der Waals surface area contributed by atoms with Gasteiger partial charge in [0.25, 0.3) is 0 Å². The van der Waals surface area contributed by atoms with E-state index in [0.29, 0.717) is 32.2 Å². The fourth-order valence-electron chi connectivity index (χ4n) is 4.87. The topological polar surface area (TPSA) is 284 Å². The molecule has 0 aromatic heterocycles. The van der Waals surface area contributed by atoms with Crippen LogP contribution in [0.1, 0.15) is 72.6 Å². The molecule has 11 N–H and O–H groups in total. The van der Waals surface area contributed by atoms with Crippen molar-refractivity contribution in [1.82, 2.24) is 26.2 Å². The zero-order valence-corrected chi connectivity index (χ0v) is 26.3. The first-order valence-electron chi connectivity index (χ1n) is 15.1. The SMILES string of the molecule is CC(C)C[C@H](N)C(=O)N[C@@H](CC(=O)O)C(=O)N[C@@H](C)C(=O)N1CCC[C@H]1C(=O)N[C@H](C(=O)N[C@@H](CCCCN)C(=O)O)[C@@H](C)O. The van der Waals surface area contributed by atoms with Gasteiger partial charge < -0.3 is 53.0 Å². The van der Waals surface area contributed by atoms with Gasteiger partial charge in [-0.15, -0.1) is 0 Å². The number of likely N-dealkylation sites (tertiary alicyclic amines) is 1. The zero-order valence-electron chi connectivity index (χ0n) is 26.3. The van der Waals surface area contributed by atoms with Crippen LogP contribution in [0.4, 0.5) is 0 Å². The molecule has 1 aliphatic rings. The van der Waals surface area contributed by atoms with Gasteiger partial charge in [0.2, 0.25) is 29.5 Å². The molecule has 0 unspecified atom stereocenters. The molecule has 17 heteroatoms. The Bertz CT molecular complexity index is 1070. The highest BCUT2D eigenvalue weighted by atomic mass is 16.4. The second-order valence-electron chi connectivity index (χ2n) is 11.7. The summed E-state index contributed by atoms with van der Waals surface area (Å²) < 4.78 is 0. The molecule has 45 heavy (non-hydrogen) atoms. The fourth-order valence-corrected chi connectivity index (χ4v) is 4.87. The van der Waals surface area contributed by atoms with Gasteiger partial charge >= 0.3 is 11.9 Å². The quantitative estimate of drug-likeness (QED) is 0.0654. The van der Waals surface area contributed by atoms with Gasteiger partial charge in [-0.3, -0.25) is 28.8 Å². The molecule has 0 radical (unpaired) electrons. The number of carboxylic acid groups (broad SMARTS) is 2. The van der Waals surface area contributed by atoms with Crippen LogP contribution < -0.4 is 32.7 Å². The number of amides is 5. The lowest BCUT2D eigenvalue weighted by molar-refractivity contribution is -0.145. The van der Waals surface area contributed by atoms with Crippen LogP contribution >= 0.6 is 0 Å². The molecule has 0 aromatic carbocycles. The van der Waals surface area contributed by atoms with Gasteiger partial charge in [-0.05, 0) is 64.8 Å². The Labute approximate surface area is 262 Å². The number of aliphatic carboxylic acids is 2. The summed E-state index contributed by atoms with van der Waals surface area (Å²) in [6.45, 7) is 6.73. The predicted octanol–water partition coefficient (Wildman–Crippen LogP) is -2.62. The molecular weight excluding hydrogens is 594 g/mol. The summed E-state index contributed by atoms with van der Waals surface area (Å²) in [5, 5.41) is 38.3. The highest BCUT2D eigenvalue weighted by Gasteiger charge is 2.39.